The Bertz CT molecular complexity index is 704. The van der Waals surface area contributed by atoms with E-state index in [0.29, 0.717) is 6.42 Å². The van der Waals surface area contributed by atoms with Crippen LogP contribution in [0.4, 0.5) is 10.1 Å². The summed E-state index contributed by atoms with van der Waals surface area (Å²) in [4.78, 5) is 11.9. The molecule has 21 heavy (non-hydrogen) atoms. The van der Waals surface area contributed by atoms with Crippen LogP contribution < -0.4 is 5.32 Å². The zero-order valence-electron chi connectivity index (χ0n) is 11.7. The second-order valence-electron chi connectivity index (χ2n) is 4.75. The SMILES string of the molecule is Cc1ccccc1CCC(=O)Nc1cccc(F)c1C#N. The molecule has 0 radical (unpaired) electrons. The second kappa shape index (κ2) is 6.67. The van der Waals surface area contributed by atoms with Crippen molar-refractivity contribution >= 4 is 11.6 Å². The van der Waals surface area contributed by atoms with E-state index in [2.05, 4.69) is 5.32 Å². The van der Waals surface area contributed by atoms with E-state index < -0.39 is 5.82 Å². The Kier molecular flexibility index (Phi) is 4.68. The van der Waals surface area contributed by atoms with Gasteiger partial charge in [-0.3, -0.25) is 4.79 Å². The van der Waals surface area contributed by atoms with Crippen LogP contribution in [0.25, 0.3) is 0 Å². The van der Waals surface area contributed by atoms with Crippen molar-refractivity contribution in [2.45, 2.75) is 19.8 Å². The number of hydrogen-bond acceptors (Lipinski definition) is 2. The summed E-state index contributed by atoms with van der Waals surface area (Å²) >= 11 is 0. The standard InChI is InChI=1S/C17H15FN2O/c1-12-5-2-3-6-13(12)9-10-17(21)20-16-8-4-7-15(18)14(16)11-19/h2-8H,9-10H2,1H3,(H,20,21). The number of nitrogens with zero attached hydrogens (tertiary/aromatic N) is 1. The first-order valence-corrected chi connectivity index (χ1v) is 6.65. The number of anilines is 1. The van der Waals surface area contributed by atoms with Crippen LogP contribution in [-0.4, -0.2) is 5.91 Å². The fourth-order valence-corrected chi connectivity index (χ4v) is 2.09. The first kappa shape index (κ1) is 14.7. The molecule has 0 spiro atoms. The van der Waals surface area contributed by atoms with Gasteiger partial charge in [0.1, 0.15) is 17.4 Å². The van der Waals surface area contributed by atoms with Crippen LogP contribution >= 0.6 is 0 Å². The third-order valence-corrected chi connectivity index (χ3v) is 3.28. The van der Waals surface area contributed by atoms with Gasteiger partial charge in [0.05, 0.1) is 5.69 Å². The predicted octanol–water partition coefficient (Wildman–Crippen LogP) is 3.58. The van der Waals surface area contributed by atoms with Crippen molar-refractivity contribution in [3.05, 3.63) is 65.0 Å². The summed E-state index contributed by atoms with van der Waals surface area (Å²) < 4.78 is 13.4. The molecule has 2 aromatic rings. The zero-order chi connectivity index (χ0) is 15.2. The smallest absolute Gasteiger partial charge is 0.224 e. The van der Waals surface area contributed by atoms with Crippen LogP contribution in [0.5, 0.6) is 0 Å². The average Bonchev–Trinajstić information content (AvgIpc) is 2.47. The molecule has 4 heteroatoms. The van der Waals surface area contributed by atoms with E-state index in [9.17, 15) is 9.18 Å². The molecule has 1 N–H and O–H groups in total. The topological polar surface area (TPSA) is 52.9 Å². The fraction of sp³-hybridized carbons (Fsp3) is 0.176. The Hall–Kier alpha value is -2.67. The lowest BCUT2D eigenvalue weighted by Gasteiger charge is -2.08. The molecule has 2 aromatic carbocycles. The minimum absolute atomic E-state index is 0.137. The number of benzene rings is 2. The fourth-order valence-electron chi connectivity index (χ4n) is 2.09. The van der Waals surface area contributed by atoms with E-state index in [4.69, 9.17) is 5.26 Å². The largest absolute Gasteiger partial charge is 0.325 e. The lowest BCUT2D eigenvalue weighted by atomic mass is 10.0. The second-order valence-corrected chi connectivity index (χ2v) is 4.75. The van der Waals surface area contributed by atoms with Gasteiger partial charge in [0.25, 0.3) is 0 Å². The molecule has 0 aromatic heterocycles. The normalized spacial score (nSPS) is 9.95. The van der Waals surface area contributed by atoms with Crippen LogP contribution in [0.2, 0.25) is 0 Å². The molecule has 0 bridgehead atoms. The molecule has 0 heterocycles. The summed E-state index contributed by atoms with van der Waals surface area (Å²) in [5, 5.41) is 11.5. The average molecular weight is 282 g/mol. The maximum absolute atomic E-state index is 13.4. The number of nitriles is 1. The molecular weight excluding hydrogens is 267 g/mol. The maximum atomic E-state index is 13.4. The number of amides is 1. The Morgan fingerprint density at radius 3 is 2.71 bits per heavy atom. The summed E-state index contributed by atoms with van der Waals surface area (Å²) in [5.41, 5.74) is 2.31. The highest BCUT2D eigenvalue weighted by Crippen LogP contribution is 2.18. The number of aryl methyl sites for hydroxylation is 2. The molecule has 0 saturated heterocycles. The van der Waals surface area contributed by atoms with Gasteiger partial charge < -0.3 is 5.32 Å². The van der Waals surface area contributed by atoms with Crippen molar-refractivity contribution in [1.82, 2.24) is 0 Å². The van der Waals surface area contributed by atoms with Gasteiger partial charge in [-0.2, -0.15) is 5.26 Å². The van der Waals surface area contributed by atoms with E-state index in [1.165, 1.54) is 18.2 Å². The third-order valence-electron chi connectivity index (χ3n) is 3.28. The summed E-state index contributed by atoms with van der Waals surface area (Å²) in [6, 6.07) is 13.8. The van der Waals surface area contributed by atoms with Gasteiger partial charge in [0.2, 0.25) is 5.91 Å². The molecule has 0 atom stereocenters. The Morgan fingerprint density at radius 1 is 1.24 bits per heavy atom. The lowest BCUT2D eigenvalue weighted by molar-refractivity contribution is -0.116. The molecule has 2 rings (SSSR count). The van der Waals surface area contributed by atoms with E-state index >= 15 is 0 Å². The van der Waals surface area contributed by atoms with Gasteiger partial charge >= 0.3 is 0 Å². The van der Waals surface area contributed by atoms with Crippen molar-refractivity contribution in [3.8, 4) is 6.07 Å². The van der Waals surface area contributed by atoms with Gasteiger partial charge in [-0.15, -0.1) is 0 Å². The highest BCUT2D eigenvalue weighted by molar-refractivity contribution is 5.92. The molecule has 0 aliphatic carbocycles. The number of nitrogens with one attached hydrogen (secondary N) is 1. The van der Waals surface area contributed by atoms with E-state index in [-0.39, 0.29) is 23.6 Å². The van der Waals surface area contributed by atoms with Crippen molar-refractivity contribution < 1.29 is 9.18 Å². The highest BCUT2D eigenvalue weighted by atomic mass is 19.1. The third kappa shape index (κ3) is 3.67. The van der Waals surface area contributed by atoms with Crippen molar-refractivity contribution in [2.75, 3.05) is 5.32 Å². The number of carbonyl (C=O) groups excluding carboxylic acids is 1. The van der Waals surface area contributed by atoms with Gasteiger partial charge in [0.15, 0.2) is 0 Å². The summed E-state index contributed by atoms with van der Waals surface area (Å²) in [6.07, 6.45) is 0.891. The number of halogens is 1. The van der Waals surface area contributed by atoms with Crippen LogP contribution in [0.15, 0.2) is 42.5 Å². The Labute approximate surface area is 123 Å². The lowest BCUT2D eigenvalue weighted by Crippen LogP contribution is -2.14. The summed E-state index contributed by atoms with van der Waals surface area (Å²) in [7, 11) is 0. The van der Waals surface area contributed by atoms with Crippen LogP contribution in [0.1, 0.15) is 23.1 Å². The first-order chi connectivity index (χ1) is 10.1. The molecule has 0 aliphatic rings. The van der Waals surface area contributed by atoms with Crippen molar-refractivity contribution in [3.63, 3.8) is 0 Å². The summed E-state index contributed by atoms with van der Waals surface area (Å²) in [6.45, 7) is 1.99. The minimum Gasteiger partial charge on any atom is -0.325 e. The van der Waals surface area contributed by atoms with Crippen LogP contribution in [-0.2, 0) is 11.2 Å². The van der Waals surface area contributed by atoms with Crippen molar-refractivity contribution in [1.29, 1.82) is 5.26 Å². The van der Waals surface area contributed by atoms with Gasteiger partial charge in [-0.25, -0.2) is 4.39 Å². The first-order valence-electron chi connectivity index (χ1n) is 6.65. The Balaban J connectivity index is 2.02. The molecule has 0 unspecified atom stereocenters. The van der Waals surface area contributed by atoms with E-state index in [0.717, 1.165) is 11.1 Å². The molecule has 1 amide bonds. The zero-order valence-corrected chi connectivity index (χ0v) is 11.7. The molecule has 0 fully saturated rings. The van der Waals surface area contributed by atoms with Crippen LogP contribution in [0, 0.1) is 24.1 Å². The number of carbonyl (C=O) groups is 1. The number of hydrogen-bond donors (Lipinski definition) is 1. The van der Waals surface area contributed by atoms with E-state index in [1.807, 2.05) is 31.2 Å². The van der Waals surface area contributed by atoms with Gasteiger partial charge in [-0.05, 0) is 36.6 Å². The number of rotatable bonds is 4. The maximum Gasteiger partial charge on any atom is 0.224 e. The van der Waals surface area contributed by atoms with Gasteiger partial charge in [0, 0.05) is 6.42 Å². The molecule has 3 nitrogen and oxygen atoms in total. The highest BCUT2D eigenvalue weighted by Gasteiger charge is 2.11. The Morgan fingerprint density at radius 2 is 2.00 bits per heavy atom. The minimum atomic E-state index is -0.630. The molecule has 106 valence electrons. The molecule has 0 aliphatic heterocycles. The molecule has 0 saturated carbocycles. The quantitative estimate of drug-likeness (QED) is 0.932. The van der Waals surface area contributed by atoms with Crippen LogP contribution in [0.3, 0.4) is 0 Å². The van der Waals surface area contributed by atoms with Crippen molar-refractivity contribution in [2.24, 2.45) is 0 Å². The van der Waals surface area contributed by atoms with E-state index in [1.54, 1.807) is 6.07 Å². The predicted molar refractivity (Wildman–Crippen MR) is 79.2 cm³/mol. The van der Waals surface area contributed by atoms with Gasteiger partial charge in [-0.1, -0.05) is 30.3 Å². The molecular formula is C17H15FN2O. The monoisotopic (exact) mass is 282 g/mol. The summed E-state index contributed by atoms with van der Waals surface area (Å²) in [5.74, 6) is -0.866.